The molecule has 0 aromatic heterocycles. The fraction of sp³-hybridized carbons (Fsp3) is 0.522. The summed E-state index contributed by atoms with van der Waals surface area (Å²) in [5, 5.41) is 0.600. The Labute approximate surface area is 171 Å². The highest BCUT2D eigenvalue weighted by Crippen LogP contribution is 2.44. The zero-order valence-corrected chi connectivity index (χ0v) is 17.0. The molecule has 148 valence electrons. The first kappa shape index (κ1) is 19.4. The van der Waals surface area contributed by atoms with E-state index in [4.69, 9.17) is 21.3 Å². The largest absolute Gasteiger partial charge is 0.462 e. The fourth-order valence-corrected chi connectivity index (χ4v) is 4.99. The van der Waals surface area contributed by atoms with Crippen molar-refractivity contribution < 1.29 is 14.3 Å². The number of allylic oxidation sites excluding steroid dienone is 2. The van der Waals surface area contributed by atoms with E-state index in [9.17, 15) is 9.59 Å². The Morgan fingerprint density at radius 2 is 1.93 bits per heavy atom. The van der Waals surface area contributed by atoms with Crippen LogP contribution in [0.25, 0.3) is 0 Å². The lowest BCUT2D eigenvalue weighted by molar-refractivity contribution is -0.153. The summed E-state index contributed by atoms with van der Waals surface area (Å²) >= 11 is 6.25. The highest BCUT2D eigenvalue weighted by atomic mass is 35.5. The highest BCUT2D eigenvalue weighted by Gasteiger charge is 2.43. The first-order valence-electron chi connectivity index (χ1n) is 10.3. The lowest BCUT2D eigenvalue weighted by Gasteiger charge is -2.35. The summed E-state index contributed by atoms with van der Waals surface area (Å²) in [6.07, 6.45) is 7.32. The summed E-state index contributed by atoms with van der Waals surface area (Å²) < 4.78 is 5.91. The highest BCUT2D eigenvalue weighted by molar-refractivity contribution is 6.30. The van der Waals surface area contributed by atoms with Crippen molar-refractivity contribution in [1.29, 1.82) is 0 Å². The van der Waals surface area contributed by atoms with Gasteiger partial charge in [-0.3, -0.25) is 14.6 Å². The molecule has 4 rings (SSSR count). The number of benzene rings is 1. The van der Waals surface area contributed by atoms with E-state index < -0.39 is 5.92 Å². The molecule has 0 amide bonds. The molecule has 0 bridgehead atoms. The number of aliphatic imine (C=N–C) groups is 1. The number of Topliss-reactive ketones (excluding diaryl/α,β-unsaturated/α-hetero) is 1. The Morgan fingerprint density at radius 1 is 1.14 bits per heavy atom. The summed E-state index contributed by atoms with van der Waals surface area (Å²) in [4.78, 5) is 30.8. The molecule has 1 heterocycles. The van der Waals surface area contributed by atoms with Crippen molar-refractivity contribution in [2.45, 2.75) is 70.3 Å². The molecule has 1 unspecified atom stereocenters. The molecule has 2 aliphatic carbocycles. The van der Waals surface area contributed by atoms with Crippen LogP contribution in [0.5, 0.6) is 0 Å². The third-order valence-electron chi connectivity index (χ3n) is 6.13. The van der Waals surface area contributed by atoms with Gasteiger partial charge < -0.3 is 4.74 Å². The van der Waals surface area contributed by atoms with E-state index in [1.165, 1.54) is 6.42 Å². The van der Waals surface area contributed by atoms with E-state index in [0.29, 0.717) is 17.0 Å². The van der Waals surface area contributed by atoms with Crippen LogP contribution >= 0.6 is 11.6 Å². The number of hydrogen-bond acceptors (Lipinski definition) is 4. The average Bonchev–Trinajstić information content (AvgIpc) is 2.68. The first-order valence-corrected chi connectivity index (χ1v) is 10.7. The molecule has 5 heteroatoms. The molecule has 1 fully saturated rings. The minimum atomic E-state index is -0.568. The van der Waals surface area contributed by atoms with Crippen molar-refractivity contribution >= 4 is 29.1 Å². The van der Waals surface area contributed by atoms with Crippen LogP contribution in [0.3, 0.4) is 0 Å². The molecule has 1 aromatic rings. The van der Waals surface area contributed by atoms with Crippen LogP contribution in [-0.4, -0.2) is 23.6 Å². The number of nitrogens with zero attached hydrogens (tertiary/aromatic N) is 1. The van der Waals surface area contributed by atoms with Gasteiger partial charge in [0.05, 0.1) is 0 Å². The standard InChI is InChI=1S/C23H26ClNO3/c1-14-20(23(27)28-17-9-3-2-4-10-17)21(15-7-5-8-16(24)13-15)22-18(25-14)11-6-12-19(22)26/h5,7-8,13,17,20-21H,2-4,6,9-12H2,1H3/t20?,21-/m1/s1. The molecule has 0 spiro atoms. The van der Waals surface area contributed by atoms with Crippen molar-refractivity contribution in [2.24, 2.45) is 10.9 Å². The molecular formula is C23H26ClNO3. The predicted octanol–water partition coefficient (Wildman–Crippen LogP) is 5.40. The van der Waals surface area contributed by atoms with E-state index in [-0.39, 0.29) is 23.8 Å². The number of halogens is 1. The molecule has 4 nitrogen and oxygen atoms in total. The average molecular weight is 400 g/mol. The summed E-state index contributed by atoms with van der Waals surface area (Å²) in [5.41, 5.74) is 3.14. The number of rotatable bonds is 3. The van der Waals surface area contributed by atoms with E-state index in [2.05, 4.69) is 0 Å². The molecule has 3 aliphatic rings. The maximum absolute atomic E-state index is 13.3. The van der Waals surface area contributed by atoms with E-state index in [1.807, 2.05) is 31.2 Å². The van der Waals surface area contributed by atoms with Gasteiger partial charge in [-0.1, -0.05) is 30.2 Å². The van der Waals surface area contributed by atoms with Crippen molar-refractivity contribution in [1.82, 2.24) is 0 Å². The lowest BCUT2D eigenvalue weighted by Crippen LogP contribution is -2.38. The number of hydrogen-bond donors (Lipinski definition) is 0. The van der Waals surface area contributed by atoms with Gasteiger partial charge in [0.1, 0.15) is 12.0 Å². The monoisotopic (exact) mass is 399 g/mol. The second-order valence-corrected chi connectivity index (χ2v) is 8.53. The fourth-order valence-electron chi connectivity index (χ4n) is 4.79. The van der Waals surface area contributed by atoms with Crippen LogP contribution in [0.15, 0.2) is 40.5 Å². The molecule has 0 N–H and O–H groups in total. The molecule has 0 saturated heterocycles. The van der Waals surface area contributed by atoms with Crippen molar-refractivity contribution in [3.8, 4) is 0 Å². The number of ketones is 1. The topological polar surface area (TPSA) is 55.7 Å². The van der Waals surface area contributed by atoms with Crippen molar-refractivity contribution in [2.75, 3.05) is 0 Å². The SMILES string of the molecule is CC1=NC2=C(C(=O)CCC2)[C@H](c2cccc(Cl)c2)C1C(=O)OC1CCCCC1. The van der Waals surface area contributed by atoms with E-state index in [1.54, 1.807) is 0 Å². The van der Waals surface area contributed by atoms with Crippen LogP contribution < -0.4 is 0 Å². The quantitative estimate of drug-likeness (QED) is 0.639. The lowest BCUT2D eigenvalue weighted by atomic mass is 9.72. The summed E-state index contributed by atoms with van der Waals surface area (Å²) in [6.45, 7) is 1.88. The molecule has 2 atom stereocenters. The zero-order valence-electron chi connectivity index (χ0n) is 16.2. The van der Waals surface area contributed by atoms with Crippen LogP contribution in [0.2, 0.25) is 5.02 Å². The first-order chi connectivity index (χ1) is 13.5. The van der Waals surface area contributed by atoms with Gasteiger partial charge >= 0.3 is 5.97 Å². The summed E-state index contributed by atoms with van der Waals surface area (Å²) in [6, 6.07) is 7.48. The Kier molecular flexibility index (Phi) is 5.68. The number of carbonyl (C=O) groups excluding carboxylic acids is 2. The number of esters is 1. The van der Waals surface area contributed by atoms with Crippen LogP contribution in [0, 0.1) is 5.92 Å². The van der Waals surface area contributed by atoms with E-state index in [0.717, 1.165) is 55.5 Å². The molecule has 1 aromatic carbocycles. The molecule has 0 radical (unpaired) electrons. The molecule has 1 aliphatic heterocycles. The minimum absolute atomic E-state index is 0.0218. The summed E-state index contributed by atoms with van der Waals surface area (Å²) in [7, 11) is 0. The van der Waals surface area contributed by atoms with Crippen LogP contribution in [0.1, 0.15) is 69.8 Å². The minimum Gasteiger partial charge on any atom is -0.462 e. The van der Waals surface area contributed by atoms with E-state index >= 15 is 0 Å². The normalized spacial score (nSPS) is 25.9. The van der Waals surface area contributed by atoms with Gasteiger partial charge in [0, 0.05) is 34.3 Å². The van der Waals surface area contributed by atoms with Gasteiger partial charge in [0.25, 0.3) is 0 Å². The second kappa shape index (κ2) is 8.20. The van der Waals surface area contributed by atoms with Gasteiger partial charge in [-0.15, -0.1) is 0 Å². The Hall–Kier alpha value is -1.94. The van der Waals surface area contributed by atoms with Gasteiger partial charge in [-0.25, -0.2) is 0 Å². The maximum Gasteiger partial charge on any atom is 0.315 e. The van der Waals surface area contributed by atoms with Gasteiger partial charge in [0.2, 0.25) is 0 Å². The zero-order chi connectivity index (χ0) is 19.7. The number of ether oxygens (including phenoxy) is 1. The molecule has 1 saturated carbocycles. The van der Waals surface area contributed by atoms with Crippen LogP contribution in [-0.2, 0) is 14.3 Å². The third kappa shape index (κ3) is 3.80. The maximum atomic E-state index is 13.3. The smallest absolute Gasteiger partial charge is 0.315 e. The Balaban J connectivity index is 1.72. The molecule has 28 heavy (non-hydrogen) atoms. The van der Waals surface area contributed by atoms with Gasteiger partial charge in [-0.2, -0.15) is 0 Å². The third-order valence-corrected chi connectivity index (χ3v) is 6.37. The molecular weight excluding hydrogens is 374 g/mol. The van der Waals surface area contributed by atoms with Gasteiger partial charge in [-0.05, 0) is 63.1 Å². The van der Waals surface area contributed by atoms with Crippen molar-refractivity contribution in [3.63, 3.8) is 0 Å². The Morgan fingerprint density at radius 3 is 2.68 bits per heavy atom. The second-order valence-electron chi connectivity index (χ2n) is 8.10. The predicted molar refractivity (Wildman–Crippen MR) is 110 cm³/mol. The summed E-state index contributed by atoms with van der Waals surface area (Å²) in [5.74, 6) is -1.10. The van der Waals surface area contributed by atoms with Crippen LogP contribution in [0.4, 0.5) is 0 Å². The van der Waals surface area contributed by atoms with Gasteiger partial charge in [0.15, 0.2) is 5.78 Å². The van der Waals surface area contributed by atoms with Crippen molar-refractivity contribution in [3.05, 3.63) is 46.1 Å². The number of carbonyl (C=O) groups is 2. The Bertz CT molecular complexity index is 851.